The van der Waals surface area contributed by atoms with E-state index in [4.69, 9.17) is 27.2 Å². The molecule has 0 spiro atoms. The molecule has 4 N–H and O–H groups in total. The monoisotopic (exact) mass is 260 g/mol. The maximum absolute atomic E-state index is 9.12. The molecule has 0 aliphatic heterocycles. The molecule has 0 amide bonds. The number of aliphatic hydroxyl groups excluding tert-OH is 1. The number of anilines is 2. The van der Waals surface area contributed by atoms with E-state index in [1.165, 1.54) is 0 Å². The number of nitrogens with one attached hydrogen (secondary N) is 1. The molecule has 0 saturated carbocycles. The van der Waals surface area contributed by atoms with Crippen LogP contribution in [0.2, 0.25) is 5.15 Å². The van der Waals surface area contributed by atoms with Gasteiger partial charge in [-0.1, -0.05) is 18.5 Å². The minimum absolute atomic E-state index is 0.00280. The Labute approximate surface area is 105 Å². The van der Waals surface area contributed by atoms with Gasteiger partial charge in [0, 0.05) is 7.11 Å². The van der Waals surface area contributed by atoms with E-state index in [-0.39, 0.29) is 30.1 Å². The second kappa shape index (κ2) is 6.58. The van der Waals surface area contributed by atoms with Gasteiger partial charge in [-0.15, -0.1) is 0 Å². The van der Waals surface area contributed by atoms with E-state index in [1.54, 1.807) is 7.11 Å². The molecule has 0 saturated heterocycles. The third-order valence-electron chi connectivity index (χ3n) is 2.27. The molecule has 7 heteroatoms. The van der Waals surface area contributed by atoms with Gasteiger partial charge >= 0.3 is 0 Å². The van der Waals surface area contributed by atoms with Crippen LogP contribution in [0, 0.1) is 0 Å². The summed E-state index contributed by atoms with van der Waals surface area (Å²) < 4.78 is 4.93. The number of methoxy groups -OCH3 is 1. The molecule has 1 atom stereocenters. The van der Waals surface area contributed by atoms with Crippen LogP contribution in [0.3, 0.4) is 0 Å². The molecule has 1 unspecified atom stereocenters. The summed E-state index contributed by atoms with van der Waals surface area (Å²) in [6.07, 6.45) is 0.747. The Morgan fingerprint density at radius 3 is 2.76 bits per heavy atom. The number of aliphatic hydroxyl groups is 1. The van der Waals surface area contributed by atoms with Crippen LogP contribution in [0.15, 0.2) is 0 Å². The van der Waals surface area contributed by atoms with Gasteiger partial charge in [0.05, 0.1) is 12.6 Å². The minimum Gasteiger partial charge on any atom is -0.394 e. The lowest BCUT2D eigenvalue weighted by atomic mass is 10.2. The normalized spacial score (nSPS) is 12.5. The van der Waals surface area contributed by atoms with Gasteiger partial charge in [0.1, 0.15) is 12.3 Å². The van der Waals surface area contributed by atoms with Gasteiger partial charge in [0.25, 0.3) is 0 Å². The topological polar surface area (TPSA) is 93.3 Å². The van der Waals surface area contributed by atoms with Crippen LogP contribution in [0.25, 0.3) is 0 Å². The number of hydrogen-bond donors (Lipinski definition) is 3. The van der Waals surface area contributed by atoms with E-state index >= 15 is 0 Å². The first-order valence-corrected chi connectivity index (χ1v) is 5.68. The molecule has 96 valence electrons. The molecule has 0 bridgehead atoms. The first-order valence-electron chi connectivity index (χ1n) is 5.30. The van der Waals surface area contributed by atoms with Crippen LogP contribution in [-0.4, -0.2) is 34.8 Å². The largest absolute Gasteiger partial charge is 0.394 e. The van der Waals surface area contributed by atoms with Crippen LogP contribution >= 0.6 is 11.6 Å². The zero-order valence-electron chi connectivity index (χ0n) is 9.90. The average Bonchev–Trinajstić information content (AvgIpc) is 2.32. The molecule has 17 heavy (non-hydrogen) atoms. The van der Waals surface area contributed by atoms with E-state index in [9.17, 15) is 0 Å². The average molecular weight is 261 g/mol. The Kier molecular flexibility index (Phi) is 5.40. The fraction of sp³-hybridized carbons (Fsp3) is 0.600. The summed E-state index contributed by atoms with van der Waals surface area (Å²) in [6.45, 7) is 2.20. The third kappa shape index (κ3) is 3.69. The molecule has 0 aliphatic carbocycles. The molecule has 0 aromatic carbocycles. The second-order valence-electron chi connectivity index (χ2n) is 3.56. The van der Waals surface area contributed by atoms with Crippen molar-refractivity contribution in [2.45, 2.75) is 26.0 Å². The fourth-order valence-electron chi connectivity index (χ4n) is 1.26. The maximum atomic E-state index is 9.12. The van der Waals surface area contributed by atoms with E-state index < -0.39 is 0 Å². The SMILES string of the molecule is CCC(CO)Nc1nc(COC)nc(Cl)c1N. The number of nitrogens with two attached hydrogens (primary N) is 1. The summed E-state index contributed by atoms with van der Waals surface area (Å²) in [5.41, 5.74) is 6.04. The zero-order valence-corrected chi connectivity index (χ0v) is 10.7. The maximum Gasteiger partial charge on any atom is 0.158 e. The third-order valence-corrected chi connectivity index (χ3v) is 2.56. The molecule has 0 fully saturated rings. The van der Waals surface area contributed by atoms with Gasteiger partial charge in [-0.2, -0.15) is 0 Å². The first-order chi connectivity index (χ1) is 8.12. The highest BCUT2D eigenvalue weighted by Gasteiger charge is 2.13. The van der Waals surface area contributed by atoms with Gasteiger partial charge < -0.3 is 20.9 Å². The second-order valence-corrected chi connectivity index (χ2v) is 3.92. The van der Waals surface area contributed by atoms with Crippen LogP contribution in [0.4, 0.5) is 11.5 Å². The lowest BCUT2D eigenvalue weighted by Gasteiger charge is -2.17. The van der Waals surface area contributed by atoms with Gasteiger partial charge in [0.15, 0.2) is 16.8 Å². The van der Waals surface area contributed by atoms with Crippen LogP contribution < -0.4 is 11.1 Å². The number of hydrogen-bond acceptors (Lipinski definition) is 6. The molecule has 6 nitrogen and oxygen atoms in total. The number of halogens is 1. The smallest absolute Gasteiger partial charge is 0.158 e. The van der Waals surface area contributed by atoms with Crippen molar-refractivity contribution < 1.29 is 9.84 Å². The molecular formula is C10H17ClN4O2. The van der Waals surface area contributed by atoms with Crippen molar-refractivity contribution in [2.75, 3.05) is 24.8 Å². The quantitative estimate of drug-likeness (QED) is 0.662. The summed E-state index contributed by atoms with van der Waals surface area (Å²) >= 11 is 5.89. The minimum atomic E-state index is -0.112. The molecule has 1 aromatic rings. The zero-order chi connectivity index (χ0) is 12.8. The number of nitrogen functional groups attached to an aromatic ring is 1. The van der Waals surface area contributed by atoms with E-state index in [1.807, 2.05) is 6.92 Å². The predicted octanol–water partition coefficient (Wildman–Crippen LogP) is 1.04. The van der Waals surface area contributed by atoms with Gasteiger partial charge in [0.2, 0.25) is 0 Å². The summed E-state index contributed by atoms with van der Waals surface area (Å²) in [7, 11) is 1.54. The number of aromatic nitrogens is 2. The lowest BCUT2D eigenvalue weighted by Crippen LogP contribution is -2.24. The van der Waals surface area contributed by atoms with Crippen molar-refractivity contribution in [1.82, 2.24) is 9.97 Å². The molecule has 1 heterocycles. The summed E-state index contributed by atoms with van der Waals surface area (Å²) in [5.74, 6) is 0.875. The van der Waals surface area contributed by atoms with Crippen LogP contribution in [0.1, 0.15) is 19.2 Å². The standard InChI is InChI=1S/C10H17ClN4O2/c1-3-6(4-16)13-10-8(12)9(11)14-7(15-10)5-17-2/h6,16H,3-5,12H2,1-2H3,(H,13,14,15). The predicted molar refractivity (Wildman–Crippen MR) is 67.0 cm³/mol. The molecule has 0 radical (unpaired) electrons. The highest BCUT2D eigenvalue weighted by atomic mass is 35.5. The highest BCUT2D eigenvalue weighted by molar-refractivity contribution is 6.32. The van der Waals surface area contributed by atoms with Crippen molar-refractivity contribution in [1.29, 1.82) is 0 Å². The Morgan fingerprint density at radius 2 is 2.24 bits per heavy atom. The van der Waals surface area contributed by atoms with Crippen molar-refractivity contribution >= 4 is 23.1 Å². The first kappa shape index (κ1) is 14.0. The summed E-state index contributed by atoms with van der Waals surface area (Å²) in [5, 5.41) is 12.3. The van der Waals surface area contributed by atoms with E-state index in [0.29, 0.717) is 11.6 Å². The van der Waals surface area contributed by atoms with Crippen molar-refractivity contribution in [3.05, 3.63) is 11.0 Å². The number of rotatable bonds is 6. The molecule has 1 rings (SSSR count). The van der Waals surface area contributed by atoms with Crippen molar-refractivity contribution in [3.63, 3.8) is 0 Å². The van der Waals surface area contributed by atoms with E-state index in [2.05, 4.69) is 15.3 Å². The lowest BCUT2D eigenvalue weighted by molar-refractivity contribution is 0.178. The number of nitrogens with zero attached hydrogens (tertiary/aromatic N) is 2. The molecular weight excluding hydrogens is 244 g/mol. The summed E-state index contributed by atoms with van der Waals surface area (Å²) in [4.78, 5) is 8.17. The Morgan fingerprint density at radius 1 is 1.53 bits per heavy atom. The van der Waals surface area contributed by atoms with Crippen molar-refractivity contribution in [3.8, 4) is 0 Å². The molecule has 1 aromatic heterocycles. The Balaban J connectivity index is 2.96. The van der Waals surface area contributed by atoms with E-state index in [0.717, 1.165) is 6.42 Å². The van der Waals surface area contributed by atoms with Crippen LogP contribution in [-0.2, 0) is 11.3 Å². The fourth-order valence-corrected chi connectivity index (χ4v) is 1.45. The van der Waals surface area contributed by atoms with Gasteiger partial charge in [-0.05, 0) is 6.42 Å². The number of ether oxygens (including phenoxy) is 1. The van der Waals surface area contributed by atoms with Gasteiger partial charge in [-0.25, -0.2) is 9.97 Å². The Bertz CT molecular complexity index is 372. The highest BCUT2D eigenvalue weighted by Crippen LogP contribution is 2.24. The van der Waals surface area contributed by atoms with Gasteiger partial charge in [-0.3, -0.25) is 0 Å². The van der Waals surface area contributed by atoms with Crippen molar-refractivity contribution in [2.24, 2.45) is 0 Å². The Hall–Kier alpha value is -1.11. The molecule has 0 aliphatic rings. The van der Waals surface area contributed by atoms with Crippen LogP contribution in [0.5, 0.6) is 0 Å². The summed E-state index contributed by atoms with van der Waals surface area (Å²) in [6, 6.07) is -0.112.